The van der Waals surface area contributed by atoms with Gasteiger partial charge in [0.05, 0.1) is 5.25 Å². The summed E-state index contributed by atoms with van der Waals surface area (Å²) in [6.07, 6.45) is 6.81. The van der Waals surface area contributed by atoms with Crippen LogP contribution in [0.5, 0.6) is 0 Å². The first-order chi connectivity index (χ1) is 9.27. The minimum absolute atomic E-state index is 0.203. The van der Waals surface area contributed by atoms with Crippen LogP contribution in [0.4, 0.5) is 0 Å². The second-order valence-corrected chi connectivity index (χ2v) is 5.92. The third-order valence-electron chi connectivity index (χ3n) is 3.72. The van der Waals surface area contributed by atoms with Gasteiger partial charge in [0.2, 0.25) is 5.91 Å². The van der Waals surface area contributed by atoms with Gasteiger partial charge in [0, 0.05) is 13.1 Å². The third-order valence-corrected chi connectivity index (χ3v) is 4.13. The fourth-order valence-electron chi connectivity index (χ4n) is 2.60. The predicted molar refractivity (Wildman–Crippen MR) is 82.6 cm³/mol. The van der Waals surface area contributed by atoms with E-state index in [-0.39, 0.29) is 11.2 Å². The van der Waals surface area contributed by atoms with E-state index in [0.29, 0.717) is 0 Å². The number of hydrogen-bond acceptors (Lipinski definition) is 2. The topological polar surface area (TPSA) is 20.3 Å². The Kier molecular flexibility index (Phi) is 5.77. The molecule has 1 aliphatic rings. The van der Waals surface area contributed by atoms with Crippen molar-refractivity contribution in [2.75, 3.05) is 13.1 Å². The maximum atomic E-state index is 12.4. The third kappa shape index (κ3) is 4.57. The minimum Gasteiger partial charge on any atom is -0.342 e. The highest BCUT2D eigenvalue weighted by atomic mass is 32.1. The largest absolute Gasteiger partial charge is 0.342 e. The number of carbonyl (C=O) groups is 1. The molecule has 1 saturated heterocycles. The molecule has 0 N–H and O–H groups in total. The summed E-state index contributed by atoms with van der Waals surface area (Å²) >= 11 is 4.52. The van der Waals surface area contributed by atoms with E-state index in [1.807, 2.05) is 23.1 Å². The molecule has 1 aromatic carbocycles. The second-order valence-electron chi connectivity index (χ2n) is 5.30. The van der Waals surface area contributed by atoms with Crippen LogP contribution in [0.1, 0.15) is 37.7 Å². The summed E-state index contributed by atoms with van der Waals surface area (Å²) in [6, 6.07) is 10.1. The molecule has 1 fully saturated rings. The molecule has 104 valence electrons. The molecular formula is C16H23NOS. The van der Waals surface area contributed by atoms with Crippen LogP contribution in [0.15, 0.2) is 30.3 Å². The van der Waals surface area contributed by atoms with Crippen LogP contribution >= 0.6 is 12.6 Å². The van der Waals surface area contributed by atoms with Crippen LogP contribution < -0.4 is 0 Å². The summed E-state index contributed by atoms with van der Waals surface area (Å²) in [6.45, 7) is 1.81. The van der Waals surface area contributed by atoms with E-state index >= 15 is 0 Å². The Labute approximate surface area is 121 Å². The van der Waals surface area contributed by atoms with Crippen molar-refractivity contribution in [3.63, 3.8) is 0 Å². The quantitative estimate of drug-likeness (QED) is 0.840. The molecule has 1 unspecified atom stereocenters. The van der Waals surface area contributed by atoms with Crippen molar-refractivity contribution in [2.45, 2.75) is 43.8 Å². The van der Waals surface area contributed by atoms with E-state index in [2.05, 4.69) is 24.8 Å². The molecule has 0 spiro atoms. The van der Waals surface area contributed by atoms with Gasteiger partial charge >= 0.3 is 0 Å². The minimum atomic E-state index is -0.207. The molecule has 1 aromatic rings. The summed E-state index contributed by atoms with van der Waals surface area (Å²) in [5, 5.41) is -0.207. The molecule has 0 bridgehead atoms. The van der Waals surface area contributed by atoms with Gasteiger partial charge in [-0.3, -0.25) is 4.79 Å². The van der Waals surface area contributed by atoms with Crippen LogP contribution in [0, 0.1) is 0 Å². The number of benzene rings is 1. The molecule has 0 aliphatic carbocycles. The fourth-order valence-corrected chi connectivity index (χ4v) is 2.98. The molecular weight excluding hydrogens is 254 g/mol. The zero-order chi connectivity index (χ0) is 13.5. The van der Waals surface area contributed by atoms with Crippen LogP contribution in [0.2, 0.25) is 0 Å². The van der Waals surface area contributed by atoms with E-state index in [9.17, 15) is 4.79 Å². The van der Waals surface area contributed by atoms with Crippen LogP contribution in [0.25, 0.3) is 0 Å². The molecule has 1 aliphatic heterocycles. The molecule has 0 aromatic heterocycles. The monoisotopic (exact) mass is 277 g/mol. The van der Waals surface area contributed by atoms with E-state index in [0.717, 1.165) is 32.4 Å². The highest BCUT2D eigenvalue weighted by molar-refractivity contribution is 7.81. The Balaban J connectivity index is 1.90. The van der Waals surface area contributed by atoms with Gasteiger partial charge in [-0.2, -0.15) is 12.6 Å². The lowest BCUT2D eigenvalue weighted by atomic mass is 10.1. The zero-order valence-corrected chi connectivity index (χ0v) is 12.3. The lowest BCUT2D eigenvalue weighted by molar-refractivity contribution is -0.130. The Morgan fingerprint density at radius 1 is 1.05 bits per heavy atom. The van der Waals surface area contributed by atoms with E-state index < -0.39 is 0 Å². The predicted octanol–water partition coefficient (Wildman–Crippen LogP) is 3.32. The Hall–Kier alpha value is -0.960. The molecule has 2 nitrogen and oxygen atoms in total. The van der Waals surface area contributed by atoms with Crippen molar-refractivity contribution < 1.29 is 4.79 Å². The van der Waals surface area contributed by atoms with E-state index in [4.69, 9.17) is 0 Å². The van der Waals surface area contributed by atoms with Gasteiger partial charge in [0.25, 0.3) is 0 Å². The molecule has 0 radical (unpaired) electrons. The lowest BCUT2D eigenvalue weighted by Crippen LogP contribution is -2.39. The van der Waals surface area contributed by atoms with Gasteiger partial charge in [0.1, 0.15) is 0 Å². The normalized spacial score (nSPS) is 18.5. The summed E-state index contributed by atoms with van der Waals surface area (Å²) in [5.41, 5.74) is 1.18. The Bertz CT molecular complexity index is 385. The number of thiol groups is 1. The second kappa shape index (κ2) is 7.59. The number of nitrogens with zero attached hydrogens (tertiary/aromatic N) is 1. The first-order valence-corrected chi connectivity index (χ1v) is 7.80. The van der Waals surface area contributed by atoms with Crippen LogP contribution in [-0.2, 0) is 11.2 Å². The summed E-state index contributed by atoms with van der Waals surface area (Å²) in [4.78, 5) is 14.4. The van der Waals surface area contributed by atoms with Gasteiger partial charge in [-0.15, -0.1) is 0 Å². The first kappa shape index (κ1) is 14.4. The molecule has 1 heterocycles. The van der Waals surface area contributed by atoms with Crippen molar-refractivity contribution in [2.24, 2.45) is 0 Å². The lowest BCUT2D eigenvalue weighted by Gasteiger charge is -2.27. The fraction of sp³-hybridized carbons (Fsp3) is 0.562. The molecule has 1 atom stereocenters. The maximum absolute atomic E-state index is 12.4. The van der Waals surface area contributed by atoms with E-state index in [1.165, 1.54) is 24.8 Å². The van der Waals surface area contributed by atoms with Gasteiger partial charge < -0.3 is 4.90 Å². The molecule has 0 saturated carbocycles. The summed E-state index contributed by atoms with van der Waals surface area (Å²) in [5.74, 6) is 0.203. The molecule has 19 heavy (non-hydrogen) atoms. The van der Waals surface area contributed by atoms with Crippen molar-refractivity contribution >= 4 is 18.5 Å². The van der Waals surface area contributed by atoms with Crippen molar-refractivity contribution in [3.8, 4) is 0 Å². The Morgan fingerprint density at radius 3 is 2.26 bits per heavy atom. The highest BCUT2D eigenvalue weighted by Crippen LogP contribution is 2.15. The van der Waals surface area contributed by atoms with Crippen molar-refractivity contribution in [1.29, 1.82) is 0 Å². The zero-order valence-electron chi connectivity index (χ0n) is 11.4. The van der Waals surface area contributed by atoms with Gasteiger partial charge in [-0.25, -0.2) is 0 Å². The summed E-state index contributed by atoms with van der Waals surface area (Å²) < 4.78 is 0. The molecule has 3 heteroatoms. The van der Waals surface area contributed by atoms with Crippen molar-refractivity contribution in [1.82, 2.24) is 4.90 Å². The van der Waals surface area contributed by atoms with Crippen molar-refractivity contribution in [3.05, 3.63) is 35.9 Å². The van der Waals surface area contributed by atoms with Gasteiger partial charge in [0.15, 0.2) is 0 Å². The number of likely N-dealkylation sites (tertiary alicyclic amines) is 1. The molecule has 2 rings (SSSR count). The van der Waals surface area contributed by atoms with Crippen LogP contribution in [0.3, 0.4) is 0 Å². The van der Waals surface area contributed by atoms with Crippen LogP contribution in [-0.4, -0.2) is 29.1 Å². The van der Waals surface area contributed by atoms with E-state index in [1.54, 1.807) is 0 Å². The first-order valence-electron chi connectivity index (χ1n) is 7.28. The van der Waals surface area contributed by atoms with Gasteiger partial charge in [-0.05, 0) is 24.8 Å². The number of hydrogen-bond donors (Lipinski definition) is 1. The van der Waals surface area contributed by atoms with Gasteiger partial charge in [-0.1, -0.05) is 49.6 Å². The average molecular weight is 277 g/mol. The number of carbonyl (C=O) groups excluding carboxylic acids is 1. The highest BCUT2D eigenvalue weighted by Gasteiger charge is 2.21. The standard InChI is InChI=1S/C16H23NOS/c18-16(17-11-7-2-1-3-8-12-17)15(19)13-14-9-5-4-6-10-14/h4-6,9-10,15,19H,1-3,7-8,11-13H2. The smallest absolute Gasteiger partial charge is 0.235 e. The SMILES string of the molecule is O=C(C(S)Cc1ccccc1)N1CCCCCCC1. The molecule has 1 amide bonds. The Morgan fingerprint density at radius 2 is 1.63 bits per heavy atom. The maximum Gasteiger partial charge on any atom is 0.235 e. The average Bonchev–Trinajstić information content (AvgIpc) is 2.39. The number of rotatable bonds is 3. The number of amides is 1. The summed E-state index contributed by atoms with van der Waals surface area (Å²) in [7, 11) is 0.